The molecule has 2 aliphatic heterocycles. The monoisotopic (exact) mass is 446 g/mol. The summed E-state index contributed by atoms with van der Waals surface area (Å²) in [5.74, 6) is 1.48. The van der Waals surface area contributed by atoms with Gasteiger partial charge in [0, 0.05) is 10.0 Å². The van der Waals surface area contributed by atoms with E-state index in [2.05, 4.69) is 34.9 Å². The predicted molar refractivity (Wildman–Crippen MR) is 131 cm³/mol. The molecule has 0 aliphatic carbocycles. The van der Waals surface area contributed by atoms with E-state index in [1.807, 2.05) is 24.3 Å². The highest BCUT2D eigenvalue weighted by molar-refractivity contribution is 6.30. The molecule has 2 nitrogen and oxygen atoms in total. The van der Waals surface area contributed by atoms with Gasteiger partial charge in [-0.3, -0.25) is 0 Å². The van der Waals surface area contributed by atoms with Crippen LogP contribution >= 0.6 is 23.2 Å². The van der Waals surface area contributed by atoms with Crippen molar-refractivity contribution in [2.45, 2.75) is 63.2 Å². The Balaban J connectivity index is 0.000000171. The number of benzene rings is 2. The van der Waals surface area contributed by atoms with E-state index in [1.165, 1.54) is 88.7 Å². The molecule has 2 heterocycles. The lowest BCUT2D eigenvalue weighted by atomic mass is 9.89. The van der Waals surface area contributed by atoms with E-state index in [-0.39, 0.29) is 0 Å². The topological polar surface area (TPSA) is 24.1 Å². The fraction of sp³-hybridized carbons (Fsp3) is 0.538. The Morgan fingerprint density at radius 2 is 0.800 bits per heavy atom. The molecular weight excluding hydrogens is 411 g/mol. The van der Waals surface area contributed by atoms with Crippen molar-refractivity contribution in [3.05, 3.63) is 69.7 Å². The van der Waals surface area contributed by atoms with Crippen LogP contribution in [-0.4, -0.2) is 26.2 Å². The minimum atomic E-state index is 0.740. The van der Waals surface area contributed by atoms with Gasteiger partial charge in [0.25, 0.3) is 0 Å². The van der Waals surface area contributed by atoms with E-state index in [4.69, 9.17) is 23.2 Å². The van der Waals surface area contributed by atoms with Gasteiger partial charge in [-0.2, -0.15) is 0 Å². The van der Waals surface area contributed by atoms with Gasteiger partial charge in [0.2, 0.25) is 0 Å². The zero-order valence-electron chi connectivity index (χ0n) is 18.0. The third-order valence-corrected chi connectivity index (χ3v) is 6.81. The minimum Gasteiger partial charge on any atom is -0.317 e. The molecule has 0 aromatic heterocycles. The fourth-order valence-electron chi connectivity index (χ4n) is 4.57. The molecule has 2 aromatic carbocycles. The Hall–Kier alpha value is -1.06. The molecule has 0 amide bonds. The first-order valence-corrected chi connectivity index (χ1v) is 12.4. The average Bonchev–Trinajstić information content (AvgIpc) is 2.70. The number of hydrogen-bond acceptors (Lipinski definition) is 2. The van der Waals surface area contributed by atoms with Crippen LogP contribution in [0, 0.1) is 0 Å². The lowest BCUT2D eigenvalue weighted by molar-refractivity contribution is 0.467. The summed E-state index contributed by atoms with van der Waals surface area (Å²) in [5, 5.41) is 8.57. The van der Waals surface area contributed by atoms with E-state index in [9.17, 15) is 0 Å². The van der Waals surface area contributed by atoms with Crippen LogP contribution in [0.2, 0.25) is 10.0 Å². The summed E-state index contributed by atoms with van der Waals surface area (Å²) in [6.07, 6.45) is 10.3. The number of hydrogen-bond donors (Lipinski definition) is 2. The third-order valence-electron chi connectivity index (χ3n) is 6.31. The highest BCUT2D eigenvalue weighted by Crippen LogP contribution is 2.29. The second-order valence-electron chi connectivity index (χ2n) is 8.57. The second-order valence-corrected chi connectivity index (χ2v) is 9.44. The van der Waals surface area contributed by atoms with Gasteiger partial charge < -0.3 is 10.6 Å². The summed E-state index contributed by atoms with van der Waals surface area (Å²) in [5.41, 5.74) is 2.92. The molecule has 0 spiro atoms. The van der Waals surface area contributed by atoms with Crippen molar-refractivity contribution >= 4 is 23.2 Å². The van der Waals surface area contributed by atoms with Crippen LogP contribution in [0.1, 0.15) is 74.3 Å². The van der Waals surface area contributed by atoms with Gasteiger partial charge in [-0.05, 0) is 125 Å². The normalized spacial score (nSPS) is 19.5. The van der Waals surface area contributed by atoms with Gasteiger partial charge >= 0.3 is 0 Å². The van der Waals surface area contributed by atoms with Crippen LogP contribution in [0.4, 0.5) is 0 Å². The van der Waals surface area contributed by atoms with Crippen LogP contribution in [-0.2, 0) is 0 Å². The molecule has 0 unspecified atom stereocenters. The maximum absolute atomic E-state index is 5.90. The van der Waals surface area contributed by atoms with Crippen LogP contribution in [0.25, 0.3) is 0 Å². The maximum Gasteiger partial charge on any atom is 0.0406 e. The summed E-state index contributed by atoms with van der Waals surface area (Å²) in [7, 11) is 0. The maximum atomic E-state index is 5.90. The molecule has 0 saturated carbocycles. The van der Waals surface area contributed by atoms with E-state index in [0.29, 0.717) is 0 Å². The zero-order chi connectivity index (χ0) is 21.0. The molecule has 4 rings (SSSR count). The molecule has 0 bridgehead atoms. The van der Waals surface area contributed by atoms with Crippen molar-refractivity contribution in [3.8, 4) is 0 Å². The highest BCUT2D eigenvalue weighted by atomic mass is 35.5. The van der Waals surface area contributed by atoms with Crippen molar-refractivity contribution in [2.75, 3.05) is 26.2 Å². The number of nitrogens with one attached hydrogen (secondary N) is 2. The first-order chi connectivity index (χ1) is 14.7. The van der Waals surface area contributed by atoms with Crippen molar-refractivity contribution in [3.63, 3.8) is 0 Å². The van der Waals surface area contributed by atoms with Gasteiger partial charge in [-0.15, -0.1) is 0 Å². The van der Waals surface area contributed by atoms with Gasteiger partial charge in [-0.25, -0.2) is 0 Å². The first kappa shape index (κ1) is 23.6. The van der Waals surface area contributed by atoms with Crippen molar-refractivity contribution in [1.29, 1.82) is 0 Å². The molecule has 2 fully saturated rings. The quantitative estimate of drug-likeness (QED) is 0.510. The van der Waals surface area contributed by atoms with Crippen molar-refractivity contribution in [1.82, 2.24) is 10.6 Å². The molecule has 2 aromatic rings. The van der Waals surface area contributed by atoms with Gasteiger partial charge in [0.15, 0.2) is 0 Å². The molecular formula is C26H36Cl2N2. The van der Waals surface area contributed by atoms with Crippen molar-refractivity contribution in [2.24, 2.45) is 0 Å². The Morgan fingerprint density at radius 3 is 1.10 bits per heavy atom. The smallest absolute Gasteiger partial charge is 0.0406 e. The largest absolute Gasteiger partial charge is 0.317 e. The zero-order valence-corrected chi connectivity index (χ0v) is 19.5. The SMILES string of the molecule is Clc1ccc(C2CCCNCCC2)cc1.Clc1ccc(C2CCCNCCC2)cc1. The van der Waals surface area contributed by atoms with E-state index >= 15 is 0 Å². The average molecular weight is 447 g/mol. The summed E-state index contributed by atoms with van der Waals surface area (Å²) in [4.78, 5) is 0. The fourth-order valence-corrected chi connectivity index (χ4v) is 4.82. The molecule has 0 atom stereocenters. The van der Waals surface area contributed by atoms with Crippen LogP contribution < -0.4 is 10.6 Å². The van der Waals surface area contributed by atoms with Gasteiger partial charge in [0.1, 0.15) is 0 Å². The second kappa shape index (κ2) is 13.4. The Morgan fingerprint density at radius 1 is 0.500 bits per heavy atom. The van der Waals surface area contributed by atoms with Crippen molar-refractivity contribution < 1.29 is 0 Å². The lowest BCUT2D eigenvalue weighted by Gasteiger charge is -2.20. The Kier molecular flexibility index (Phi) is 10.5. The lowest BCUT2D eigenvalue weighted by Crippen LogP contribution is -2.20. The summed E-state index contributed by atoms with van der Waals surface area (Å²) < 4.78 is 0. The molecule has 4 heteroatoms. The van der Waals surface area contributed by atoms with Gasteiger partial charge in [0.05, 0.1) is 0 Å². The Bertz CT molecular complexity index is 635. The standard InChI is InChI=1S/2C13H18ClN/c2*14-13-7-5-12(6-8-13)11-3-1-9-15-10-2-4-11/h2*5-8,11,15H,1-4,9-10H2. The predicted octanol–water partition coefficient (Wildman–Crippen LogP) is 7.17. The van der Waals surface area contributed by atoms with E-state index in [0.717, 1.165) is 21.9 Å². The Labute approximate surface area is 192 Å². The molecule has 30 heavy (non-hydrogen) atoms. The molecule has 2 N–H and O–H groups in total. The summed E-state index contributed by atoms with van der Waals surface area (Å²) in [6.45, 7) is 4.68. The summed E-state index contributed by atoms with van der Waals surface area (Å²) >= 11 is 11.8. The molecule has 2 saturated heterocycles. The van der Waals surface area contributed by atoms with Gasteiger partial charge in [-0.1, -0.05) is 47.5 Å². The third kappa shape index (κ3) is 8.23. The number of rotatable bonds is 2. The number of halogens is 2. The highest BCUT2D eigenvalue weighted by Gasteiger charge is 2.13. The molecule has 2 aliphatic rings. The molecule has 164 valence electrons. The van der Waals surface area contributed by atoms with E-state index in [1.54, 1.807) is 0 Å². The van der Waals surface area contributed by atoms with Crippen LogP contribution in [0.15, 0.2) is 48.5 Å². The first-order valence-electron chi connectivity index (χ1n) is 11.6. The minimum absolute atomic E-state index is 0.740. The summed E-state index contributed by atoms with van der Waals surface area (Å²) in [6, 6.07) is 16.8. The molecule has 0 radical (unpaired) electrons. The van der Waals surface area contributed by atoms with Crippen LogP contribution in [0.5, 0.6) is 0 Å². The van der Waals surface area contributed by atoms with E-state index < -0.39 is 0 Å². The van der Waals surface area contributed by atoms with Crippen LogP contribution in [0.3, 0.4) is 0 Å².